The van der Waals surface area contributed by atoms with Crippen molar-refractivity contribution in [2.24, 2.45) is 0 Å². The smallest absolute Gasteiger partial charge is 0.260 e. The van der Waals surface area contributed by atoms with E-state index in [0.29, 0.717) is 5.75 Å². The van der Waals surface area contributed by atoms with E-state index in [1.807, 2.05) is 0 Å². The van der Waals surface area contributed by atoms with Gasteiger partial charge >= 0.3 is 0 Å². The van der Waals surface area contributed by atoms with Crippen LogP contribution in [0.3, 0.4) is 0 Å². The van der Waals surface area contributed by atoms with Crippen molar-refractivity contribution in [3.8, 4) is 11.5 Å². The molecule has 0 amide bonds. The number of sulfone groups is 1. The Morgan fingerprint density at radius 3 is 2.69 bits per heavy atom. The van der Waals surface area contributed by atoms with Gasteiger partial charge in [0.15, 0.2) is 5.78 Å². The number of benzene rings is 1. The van der Waals surface area contributed by atoms with Crippen molar-refractivity contribution in [1.29, 1.82) is 0 Å². The van der Waals surface area contributed by atoms with Gasteiger partial charge < -0.3 is 9.47 Å². The van der Waals surface area contributed by atoms with Crippen LogP contribution in [0.4, 0.5) is 0 Å². The second-order valence-corrected chi connectivity index (χ2v) is 5.38. The van der Waals surface area contributed by atoms with Gasteiger partial charge in [-0.1, -0.05) is 0 Å². The molecule has 0 fully saturated rings. The molecule has 0 aromatic heterocycles. The molecule has 6 heteroatoms. The molecule has 1 aliphatic heterocycles. The Labute approximate surface area is 92.9 Å². The van der Waals surface area contributed by atoms with Gasteiger partial charge in [-0.3, -0.25) is 4.79 Å². The number of fused-ring (bicyclic) bond motifs is 1. The first-order chi connectivity index (χ1) is 7.46. The number of rotatable bonds is 2. The van der Waals surface area contributed by atoms with Crippen LogP contribution in [0.25, 0.3) is 0 Å². The van der Waals surface area contributed by atoms with Gasteiger partial charge in [0, 0.05) is 6.07 Å². The molecule has 1 atom stereocenters. The topological polar surface area (TPSA) is 69.7 Å². The Morgan fingerprint density at radius 2 is 2.12 bits per heavy atom. The third-order valence-electron chi connectivity index (χ3n) is 2.31. The lowest BCUT2D eigenvalue weighted by molar-refractivity contribution is -0.120. The molecule has 0 saturated carbocycles. The molecule has 1 aromatic carbocycles. The van der Waals surface area contributed by atoms with Crippen molar-refractivity contribution < 1.29 is 22.7 Å². The first kappa shape index (κ1) is 10.9. The van der Waals surface area contributed by atoms with E-state index in [-0.39, 0.29) is 10.6 Å². The highest BCUT2D eigenvalue weighted by Crippen LogP contribution is 2.37. The molecule has 0 radical (unpaired) electrons. The molecule has 0 spiro atoms. The second-order valence-electron chi connectivity index (χ2n) is 3.42. The third kappa shape index (κ3) is 1.46. The number of methoxy groups -OCH3 is 1. The molecule has 1 heterocycles. The van der Waals surface area contributed by atoms with E-state index in [9.17, 15) is 13.2 Å². The molecule has 0 aliphatic carbocycles. The number of carbonyl (C=O) groups excluding carboxylic acids is 1. The Kier molecular flexibility index (Phi) is 2.38. The first-order valence-corrected chi connectivity index (χ1v) is 6.10. The molecule has 1 unspecified atom stereocenters. The number of ketones is 1. The maximum Gasteiger partial charge on any atom is 0.260 e. The molecule has 1 aliphatic rings. The summed E-state index contributed by atoms with van der Waals surface area (Å²) in [6.45, 7) is 1.19. The van der Waals surface area contributed by atoms with E-state index in [1.165, 1.54) is 26.2 Å². The Morgan fingerprint density at radius 1 is 1.44 bits per heavy atom. The van der Waals surface area contributed by atoms with E-state index in [2.05, 4.69) is 0 Å². The fourth-order valence-electron chi connectivity index (χ4n) is 1.53. The zero-order chi connectivity index (χ0) is 11.9. The molecule has 0 bridgehead atoms. The van der Waals surface area contributed by atoms with Crippen LogP contribution in [-0.2, 0) is 14.6 Å². The molecule has 5 nitrogen and oxygen atoms in total. The molecule has 86 valence electrons. The van der Waals surface area contributed by atoms with Crippen LogP contribution in [0.1, 0.15) is 6.92 Å². The lowest BCUT2D eigenvalue weighted by atomic mass is 10.3. The number of hydrogen-bond donors (Lipinski definition) is 0. The largest absolute Gasteiger partial charge is 0.497 e. The fourth-order valence-corrected chi connectivity index (χ4v) is 3.11. The lowest BCUT2D eigenvalue weighted by Crippen LogP contribution is -2.28. The minimum Gasteiger partial charge on any atom is -0.497 e. The van der Waals surface area contributed by atoms with Crippen LogP contribution in [0.2, 0.25) is 0 Å². The van der Waals surface area contributed by atoms with E-state index in [4.69, 9.17) is 9.47 Å². The van der Waals surface area contributed by atoms with Crippen molar-refractivity contribution in [3.63, 3.8) is 0 Å². The summed E-state index contributed by atoms with van der Waals surface area (Å²) >= 11 is 0. The maximum absolute atomic E-state index is 11.9. The summed E-state index contributed by atoms with van der Waals surface area (Å²) in [5.74, 6) is 0.0753. The summed E-state index contributed by atoms with van der Waals surface area (Å²) in [4.78, 5) is 11.2. The van der Waals surface area contributed by atoms with Crippen molar-refractivity contribution in [1.82, 2.24) is 0 Å². The van der Waals surface area contributed by atoms with Crippen LogP contribution < -0.4 is 9.47 Å². The normalized spacial score (nSPS) is 21.0. The van der Waals surface area contributed by atoms with Crippen LogP contribution in [0.15, 0.2) is 23.1 Å². The molecule has 0 N–H and O–H groups in total. The van der Waals surface area contributed by atoms with Crippen LogP contribution in [0, 0.1) is 0 Å². The Hall–Kier alpha value is -1.56. The van der Waals surface area contributed by atoms with Gasteiger partial charge in [0.2, 0.25) is 9.84 Å². The summed E-state index contributed by atoms with van der Waals surface area (Å²) in [5.41, 5.74) is -1.42. The monoisotopic (exact) mass is 242 g/mol. The Bertz CT molecular complexity index is 546. The molecule has 0 saturated heterocycles. The highest BCUT2D eigenvalue weighted by atomic mass is 32.2. The second kappa shape index (κ2) is 3.48. The summed E-state index contributed by atoms with van der Waals surface area (Å²) in [5, 5.41) is 0. The fraction of sp³-hybridized carbons (Fsp3) is 0.300. The zero-order valence-corrected chi connectivity index (χ0v) is 9.58. The molecule has 16 heavy (non-hydrogen) atoms. The number of carbonyl (C=O) groups is 1. The minimum absolute atomic E-state index is 0.00653. The zero-order valence-electron chi connectivity index (χ0n) is 8.76. The number of ether oxygens (including phenoxy) is 2. The van der Waals surface area contributed by atoms with Crippen LogP contribution >= 0.6 is 0 Å². The van der Waals surface area contributed by atoms with Crippen molar-refractivity contribution >= 4 is 15.6 Å². The van der Waals surface area contributed by atoms with Gasteiger partial charge in [-0.2, -0.15) is 0 Å². The molecule has 1 aromatic rings. The van der Waals surface area contributed by atoms with Crippen LogP contribution in [0.5, 0.6) is 11.5 Å². The molecular weight excluding hydrogens is 232 g/mol. The third-order valence-corrected chi connectivity index (χ3v) is 4.23. The average Bonchev–Trinajstić information content (AvgIpc) is 2.50. The van der Waals surface area contributed by atoms with Crippen molar-refractivity contribution in [3.05, 3.63) is 18.2 Å². The standard InChI is InChI=1S/C10H10O5S/c1-6(11)10-15-8-4-3-7(14-2)5-9(8)16(10,12)13/h3-5,10H,1-2H3. The van der Waals surface area contributed by atoms with Crippen molar-refractivity contribution in [2.75, 3.05) is 7.11 Å². The van der Waals surface area contributed by atoms with E-state index in [0.717, 1.165) is 0 Å². The average molecular weight is 242 g/mol. The quantitative estimate of drug-likeness (QED) is 0.766. The van der Waals surface area contributed by atoms with Gasteiger partial charge in [-0.25, -0.2) is 8.42 Å². The van der Waals surface area contributed by atoms with E-state index < -0.39 is 21.1 Å². The summed E-state index contributed by atoms with van der Waals surface area (Å²) in [6.07, 6.45) is 0. The minimum atomic E-state index is -3.73. The van der Waals surface area contributed by atoms with Gasteiger partial charge in [-0.05, 0) is 19.1 Å². The van der Waals surface area contributed by atoms with Gasteiger partial charge in [0.05, 0.1) is 7.11 Å². The highest BCUT2D eigenvalue weighted by Gasteiger charge is 2.42. The predicted molar refractivity (Wildman–Crippen MR) is 55.3 cm³/mol. The number of Topliss-reactive ketones (excluding diaryl/α,β-unsaturated/α-hetero) is 1. The van der Waals surface area contributed by atoms with Gasteiger partial charge in [0.25, 0.3) is 5.44 Å². The highest BCUT2D eigenvalue weighted by molar-refractivity contribution is 7.93. The first-order valence-electron chi connectivity index (χ1n) is 4.56. The maximum atomic E-state index is 11.9. The number of hydrogen-bond acceptors (Lipinski definition) is 5. The van der Waals surface area contributed by atoms with Crippen LogP contribution in [-0.4, -0.2) is 26.7 Å². The summed E-state index contributed by atoms with van der Waals surface area (Å²) < 4.78 is 33.8. The summed E-state index contributed by atoms with van der Waals surface area (Å²) in [6, 6.07) is 4.42. The SMILES string of the molecule is COc1ccc2c(c1)S(=O)(=O)C(C(C)=O)O2. The van der Waals surface area contributed by atoms with E-state index >= 15 is 0 Å². The Balaban J connectivity index is 2.58. The lowest BCUT2D eigenvalue weighted by Gasteiger charge is -2.03. The van der Waals surface area contributed by atoms with Gasteiger partial charge in [0.1, 0.15) is 16.4 Å². The van der Waals surface area contributed by atoms with Gasteiger partial charge in [-0.15, -0.1) is 0 Å². The predicted octanol–water partition coefficient (Wildman–Crippen LogP) is 0.776. The molecular formula is C10H10O5S. The van der Waals surface area contributed by atoms with E-state index in [1.54, 1.807) is 6.07 Å². The molecule has 2 rings (SSSR count). The van der Waals surface area contributed by atoms with Crippen molar-refractivity contribution in [2.45, 2.75) is 17.3 Å². The summed E-state index contributed by atoms with van der Waals surface area (Å²) in [7, 11) is -2.29.